The van der Waals surface area contributed by atoms with Gasteiger partial charge in [-0.15, -0.1) is 23.2 Å². The summed E-state index contributed by atoms with van der Waals surface area (Å²) in [5.41, 5.74) is 0.829. The fourth-order valence-corrected chi connectivity index (χ4v) is 2.21. The van der Waals surface area contributed by atoms with Crippen molar-refractivity contribution in [2.45, 2.75) is 0 Å². The van der Waals surface area contributed by atoms with Gasteiger partial charge in [-0.25, -0.2) is 0 Å². The van der Waals surface area contributed by atoms with Gasteiger partial charge in [0.05, 0.1) is 0 Å². The van der Waals surface area contributed by atoms with Crippen LogP contribution >= 0.6 is 31.0 Å². The van der Waals surface area contributed by atoms with Crippen LogP contribution in [0.4, 0.5) is 5.69 Å². The molecule has 0 amide bonds. The van der Waals surface area contributed by atoms with E-state index >= 15 is 0 Å². The van der Waals surface area contributed by atoms with Crippen molar-refractivity contribution in [2.75, 3.05) is 29.7 Å². The summed E-state index contributed by atoms with van der Waals surface area (Å²) < 4.78 is 14.7. The molecule has 102 valence electrons. The van der Waals surface area contributed by atoms with Crippen molar-refractivity contribution in [2.24, 2.45) is 0 Å². The van der Waals surface area contributed by atoms with Gasteiger partial charge in [0.1, 0.15) is 13.6 Å². The van der Waals surface area contributed by atoms with E-state index in [0.29, 0.717) is 24.8 Å². The summed E-state index contributed by atoms with van der Waals surface area (Å²) >= 11 is 11.3. The van der Waals surface area contributed by atoms with Crippen LogP contribution in [0, 0.1) is 0 Å². The van der Waals surface area contributed by atoms with Gasteiger partial charge in [0, 0.05) is 30.5 Å². The number of phosphoric ester groups is 1. The van der Waals surface area contributed by atoms with Crippen LogP contribution in [0.3, 0.4) is 0 Å². The first-order valence-electron chi connectivity index (χ1n) is 5.15. The molecule has 1 aromatic carbocycles. The van der Waals surface area contributed by atoms with Gasteiger partial charge in [0.2, 0.25) is 0 Å². The van der Waals surface area contributed by atoms with Crippen LogP contribution in [0.1, 0.15) is 0 Å². The van der Waals surface area contributed by atoms with Crippen molar-refractivity contribution < 1.29 is 78.0 Å². The van der Waals surface area contributed by atoms with Gasteiger partial charge in [-0.3, -0.25) is 0 Å². The Morgan fingerprint density at radius 2 is 1.50 bits per heavy atom. The SMILES string of the molecule is O=P([O-])([O-])Oc1ccc(N(CCCl)CCCl)cc1.[Na+].[Na+]. The summed E-state index contributed by atoms with van der Waals surface area (Å²) in [5.74, 6) is 0.889. The molecular formula is C10H12Cl2NNa2O4P. The van der Waals surface area contributed by atoms with Gasteiger partial charge in [-0.05, 0) is 24.3 Å². The van der Waals surface area contributed by atoms with E-state index in [2.05, 4.69) is 4.52 Å². The van der Waals surface area contributed by atoms with Crippen molar-refractivity contribution in [3.05, 3.63) is 24.3 Å². The van der Waals surface area contributed by atoms with E-state index in [4.69, 9.17) is 23.2 Å². The summed E-state index contributed by atoms with van der Waals surface area (Å²) in [4.78, 5) is 22.8. The monoisotopic (exact) mass is 357 g/mol. The fraction of sp³-hybridized carbons (Fsp3) is 0.400. The Morgan fingerprint density at radius 3 is 1.85 bits per heavy atom. The maximum absolute atomic E-state index is 10.4. The molecule has 0 saturated carbocycles. The molecule has 0 N–H and O–H groups in total. The first kappa shape index (κ1) is 23.8. The Hall–Kier alpha value is 1.55. The molecule has 1 aromatic rings. The molecule has 0 bridgehead atoms. The molecule has 20 heavy (non-hydrogen) atoms. The van der Waals surface area contributed by atoms with Crippen molar-refractivity contribution >= 4 is 36.7 Å². The molecule has 0 aliphatic carbocycles. The predicted molar refractivity (Wildman–Crippen MR) is 68.3 cm³/mol. The van der Waals surface area contributed by atoms with E-state index in [0.717, 1.165) is 5.69 Å². The Morgan fingerprint density at radius 1 is 1.05 bits per heavy atom. The van der Waals surface area contributed by atoms with Crippen LogP contribution in [-0.4, -0.2) is 24.8 Å². The van der Waals surface area contributed by atoms with E-state index in [1.807, 2.05) is 4.90 Å². The topological polar surface area (TPSA) is 75.7 Å². The second kappa shape index (κ2) is 12.0. The number of halogens is 2. The van der Waals surface area contributed by atoms with Crippen LogP contribution < -0.4 is 78.3 Å². The number of phosphoric acid groups is 1. The standard InChI is InChI=1S/C10H14Cl2NO4P.2Na/c11-5-7-13(8-6-12)9-1-3-10(4-2-9)17-18(14,15)16;;/h1-4H,5-8H2,(H2,14,15,16);;/q;2*+1/p-2. The smallest absolute Gasteiger partial charge is 0.780 e. The van der Waals surface area contributed by atoms with E-state index in [-0.39, 0.29) is 64.9 Å². The predicted octanol–water partition coefficient (Wildman–Crippen LogP) is -4.81. The molecule has 0 aromatic heterocycles. The fourth-order valence-electron chi connectivity index (χ4n) is 1.42. The Kier molecular flexibility index (Phi) is 14.3. The van der Waals surface area contributed by atoms with Gasteiger partial charge in [-0.2, -0.15) is 0 Å². The molecule has 10 heteroatoms. The van der Waals surface area contributed by atoms with Crippen molar-refractivity contribution in [1.82, 2.24) is 0 Å². The molecule has 0 aliphatic heterocycles. The van der Waals surface area contributed by atoms with Crippen LogP contribution in [-0.2, 0) is 4.57 Å². The molecule has 0 saturated heterocycles. The normalized spacial score (nSPS) is 10.2. The van der Waals surface area contributed by atoms with Crippen LogP contribution in [0.2, 0.25) is 0 Å². The quantitative estimate of drug-likeness (QED) is 0.278. The summed E-state index contributed by atoms with van der Waals surface area (Å²) in [6.45, 7) is 1.24. The van der Waals surface area contributed by atoms with Gasteiger partial charge in [0.25, 0.3) is 0 Å². The first-order valence-corrected chi connectivity index (χ1v) is 7.68. The number of alkyl halides is 2. The average molecular weight is 358 g/mol. The second-order valence-corrected chi connectivity index (χ2v) is 5.23. The van der Waals surface area contributed by atoms with Gasteiger partial charge >= 0.3 is 59.1 Å². The van der Waals surface area contributed by atoms with Crippen molar-refractivity contribution in [3.8, 4) is 5.75 Å². The molecule has 0 fully saturated rings. The van der Waals surface area contributed by atoms with E-state index in [9.17, 15) is 14.4 Å². The molecule has 0 unspecified atom stereocenters. The summed E-state index contributed by atoms with van der Waals surface area (Å²) in [7, 11) is -5.01. The second-order valence-electron chi connectivity index (χ2n) is 3.40. The minimum Gasteiger partial charge on any atom is -0.780 e. The maximum Gasteiger partial charge on any atom is 1.00 e. The zero-order valence-electron chi connectivity index (χ0n) is 11.4. The van der Waals surface area contributed by atoms with Crippen LogP contribution in [0.25, 0.3) is 0 Å². The number of benzene rings is 1. The minimum atomic E-state index is -5.01. The van der Waals surface area contributed by atoms with Crippen LogP contribution in [0.5, 0.6) is 5.75 Å². The molecule has 0 spiro atoms. The molecule has 0 aliphatic rings. The minimum absolute atomic E-state index is 0. The summed E-state index contributed by atoms with van der Waals surface area (Å²) in [5, 5.41) is 0. The Labute approximate surface area is 172 Å². The van der Waals surface area contributed by atoms with Crippen LogP contribution in [0.15, 0.2) is 24.3 Å². The summed E-state index contributed by atoms with van der Waals surface area (Å²) in [6, 6.07) is 6.11. The molecule has 0 atom stereocenters. The Bertz CT molecular complexity index is 412. The number of anilines is 1. The third kappa shape index (κ3) is 9.54. The third-order valence-corrected chi connectivity index (χ3v) is 2.90. The molecule has 1 rings (SSSR count). The number of rotatable bonds is 7. The maximum atomic E-state index is 10.4. The Balaban J connectivity index is 0. The molecule has 0 radical (unpaired) electrons. The van der Waals surface area contributed by atoms with Crippen molar-refractivity contribution in [1.29, 1.82) is 0 Å². The van der Waals surface area contributed by atoms with Crippen molar-refractivity contribution in [3.63, 3.8) is 0 Å². The zero-order chi connectivity index (χ0) is 13.6. The van der Waals surface area contributed by atoms with Gasteiger partial charge in [-0.1, -0.05) is 0 Å². The van der Waals surface area contributed by atoms with E-state index in [1.165, 1.54) is 12.1 Å². The zero-order valence-corrected chi connectivity index (χ0v) is 17.8. The van der Waals surface area contributed by atoms with Gasteiger partial charge < -0.3 is 23.8 Å². The molecule has 5 nitrogen and oxygen atoms in total. The average Bonchev–Trinajstić information content (AvgIpc) is 2.28. The molecule has 0 heterocycles. The van der Waals surface area contributed by atoms with E-state index < -0.39 is 7.82 Å². The summed E-state index contributed by atoms with van der Waals surface area (Å²) in [6.07, 6.45) is 0. The third-order valence-electron chi connectivity index (χ3n) is 2.13. The largest absolute Gasteiger partial charge is 1.00 e. The molecular weight excluding hydrogens is 346 g/mol. The number of nitrogens with zero attached hydrogens (tertiary/aromatic N) is 1. The number of hydrogen-bond acceptors (Lipinski definition) is 5. The van der Waals surface area contributed by atoms with E-state index in [1.54, 1.807) is 12.1 Å². The number of hydrogen-bond donors (Lipinski definition) is 0. The first-order chi connectivity index (χ1) is 8.46. The van der Waals surface area contributed by atoms with Gasteiger partial charge in [0.15, 0.2) is 0 Å².